The Morgan fingerprint density at radius 3 is 1.74 bits per heavy atom. The molecule has 2 aromatic carbocycles. The van der Waals surface area contributed by atoms with Crippen LogP contribution in [0.5, 0.6) is 5.75 Å². The van der Waals surface area contributed by atoms with E-state index < -0.39 is 59.6 Å². The van der Waals surface area contributed by atoms with E-state index in [1.54, 1.807) is 13.8 Å². The lowest BCUT2D eigenvalue weighted by atomic mass is 9.82. The number of carbonyl (C=O) groups excluding carboxylic acids is 4. The second kappa shape index (κ2) is 14.8. The molecule has 0 saturated heterocycles. The van der Waals surface area contributed by atoms with Crippen molar-refractivity contribution in [3.63, 3.8) is 0 Å². The van der Waals surface area contributed by atoms with Gasteiger partial charge in [-0.2, -0.15) is 0 Å². The first-order valence-corrected chi connectivity index (χ1v) is 13.7. The maximum Gasteiger partial charge on any atom is 0.340 e. The van der Waals surface area contributed by atoms with Gasteiger partial charge in [-0.3, -0.25) is 0 Å². The molecule has 0 aliphatic rings. The predicted molar refractivity (Wildman–Crippen MR) is 151 cm³/mol. The number of aliphatic hydroxyl groups is 2. The van der Waals surface area contributed by atoms with Gasteiger partial charge in [-0.25, -0.2) is 19.2 Å². The summed E-state index contributed by atoms with van der Waals surface area (Å²) in [5.74, 6) is -3.75. The van der Waals surface area contributed by atoms with Gasteiger partial charge in [0.1, 0.15) is 18.0 Å². The summed E-state index contributed by atoms with van der Waals surface area (Å²) in [5.41, 5.74) is -1.28. The quantitative estimate of drug-likeness (QED) is 0.162. The van der Waals surface area contributed by atoms with Gasteiger partial charge >= 0.3 is 23.9 Å². The van der Waals surface area contributed by atoms with E-state index in [4.69, 9.17) is 18.9 Å². The summed E-state index contributed by atoms with van der Waals surface area (Å²) in [7, 11) is 0. The number of phenolic OH excluding ortho intramolecular Hbond substituents is 1. The Balaban J connectivity index is 1.91. The standard InChI is InChI=1S/C31H40O11/c1-7-13-30(3,4)24(33)17-39-26(35)19-9-11-20(12-10-19)27(36)40-18-25(34)41-28(37)21-14-22(16-23(32)15-21)29(38)42-31(5,6)8-2/h9-12,14-16,24-25,32-34H,7-8,13,17-18H2,1-6H3. The third-order valence-electron chi connectivity index (χ3n) is 6.73. The fraction of sp³-hybridized carbons (Fsp3) is 0.484. The summed E-state index contributed by atoms with van der Waals surface area (Å²) < 4.78 is 20.4. The van der Waals surface area contributed by atoms with Crippen LogP contribution in [-0.4, -0.2) is 70.4 Å². The van der Waals surface area contributed by atoms with Crippen molar-refractivity contribution in [2.75, 3.05) is 13.2 Å². The molecule has 11 nitrogen and oxygen atoms in total. The van der Waals surface area contributed by atoms with Crippen molar-refractivity contribution >= 4 is 23.9 Å². The smallest absolute Gasteiger partial charge is 0.340 e. The molecular formula is C31H40O11. The number of carbonyl (C=O) groups is 4. The number of benzene rings is 2. The van der Waals surface area contributed by atoms with Crippen molar-refractivity contribution < 1.29 is 53.4 Å². The molecule has 0 aromatic heterocycles. The number of rotatable bonds is 14. The van der Waals surface area contributed by atoms with Crippen molar-refractivity contribution in [3.05, 3.63) is 64.7 Å². The molecule has 2 rings (SSSR count). The molecule has 0 aliphatic carbocycles. The monoisotopic (exact) mass is 588 g/mol. The average Bonchev–Trinajstić information content (AvgIpc) is 2.93. The molecule has 0 aliphatic heterocycles. The maximum atomic E-state index is 12.5. The highest BCUT2D eigenvalue weighted by Gasteiger charge is 2.28. The average molecular weight is 589 g/mol. The first-order valence-electron chi connectivity index (χ1n) is 13.7. The molecule has 0 amide bonds. The molecule has 2 unspecified atom stereocenters. The van der Waals surface area contributed by atoms with Gasteiger partial charge in [0.05, 0.1) is 28.4 Å². The lowest BCUT2D eigenvalue weighted by Gasteiger charge is -2.29. The Hall–Kier alpha value is -3.96. The van der Waals surface area contributed by atoms with Gasteiger partial charge in [0.15, 0.2) is 6.61 Å². The van der Waals surface area contributed by atoms with Gasteiger partial charge in [0.25, 0.3) is 0 Å². The normalized spacial score (nSPS) is 13.0. The minimum Gasteiger partial charge on any atom is -0.508 e. The third-order valence-corrected chi connectivity index (χ3v) is 6.73. The van der Waals surface area contributed by atoms with Crippen LogP contribution in [0.15, 0.2) is 42.5 Å². The van der Waals surface area contributed by atoms with Gasteiger partial charge in [-0.05, 0) is 74.6 Å². The number of aliphatic hydroxyl groups excluding tert-OH is 2. The number of esters is 4. The van der Waals surface area contributed by atoms with E-state index in [0.29, 0.717) is 6.42 Å². The van der Waals surface area contributed by atoms with Crippen LogP contribution in [0.3, 0.4) is 0 Å². The summed E-state index contributed by atoms with van der Waals surface area (Å²) in [4.78, 5) is 49.6. The van der Waals surface area contributed by atoms with Crippen molar-refractivity contribution in [1.29, 1.82) is 0 Å². The molecule has 0 saturated carbocycles. The molecule has 11 heteroatoms. The van der Waals surface area contributed by atoms with Crippen LogP contribution in [0.25, 0.3) is 0 Å². The van der Waals surface area contributed by atoms with Gasteiger partial charge in [0.2, 0.25) is 6.29 Å². The highest BCUT2D eigenvalue weighted by molar-refractivity contribution is 5.96. The molecule has 42 heavy (non-hydrogen) atoms. The second-order valence-corrected chi connectivity index (χ2v) is 11.2. The Bertz CT molecular complexity index is 1250. The predicted octanol–water partition coefficient (Wildman–Crippen LogP) is 4.41. The topological polar surface area (TPSA) is 166 Å². The minimum atomic E-state index is -1.85. The zero-order valence-electron chi connectivity index (χ0n) is 24.8. The lowest BCUT2D eigenvalue weighted by Crippen LogP contribution is -2.34. The number of ether oxygens (including phenoxy) is 4. The minimum absolute atomic E-state index is 0.0559. The van der Waals surface area contributed by atoms with Crippen LogP contribution in [-0.2, 0) is 18.9 Å². The van der Waals surface area contributed by atoms with Gasteiger partial charge < -0.3 is 34.3 Å². The summed E-state index contributed by atoms with van der Waals surface area (Å²) in [5, 5.41) is 30.3. The van der Waals surface area contributed by atoms with Gasteiger partial charge in [-0.1, -0.05) is 34.1 Å². The van der Waals surface area contributed by atoms with E-state index in [-0.39, 0.29) is 28.9 Å². The largest absolute Gasteiger partial charge is 0.508 e. The van der Waals surface area contributed by atoms with E-state index in [0.717, 1.165) is 31.0 Å². The second-order valence-electron chi connectivity index (χ2n) is 11.2. The molecule has 0 spiro atoms. The highest BCUT2D eigenvalue weighted by atomic mass is 16.7. The number of hydrogen-bond donors (Lipinski definition) is 3. The van der Waals surface area contributed by atoms with Crippen LogP contribution in [0.2, 0.25) is 0 Å². The molecular weight excluding hydrogens is 548 g/mol. The van der Waals surface area contributed by atoms with Crippen molar-refractivity contribution in [1.82, 2.24) is 0 Å². The first-order chi connectivity index (χ1) is 19.6. The van der Waals surface area contributed by atoms with Crippen LogP contribution in [0.1, 0.15) is 102 Å². The zero-order valence-corrected chi connectivity index (χ0v) is 24.8. The Kier molecular flexibility index (Phi) is 12.1. The van der Waals surface area contributed by atoms with Crippen LogP contribution < -0.4 is 0 Å². The summed E-state index contributed by atoms with van der Waals surface area (Å²) in [6.07, 6.45) is -0.502. The number of aromatic hydroxyl groups is 1. The fourth-order valence-electron chi connectivity index (χ4n) is 3.70. The molecule has 2 atom stereocenters. The van der Waals surface area contributed by atoms with Gasteiger partial charge in [-0.15, -0.1) is 0 Å². The Morgan fingerprint density at radius 1 is 0.738 bits per heavy atom. The van der Waals surface area contributed by atoms with E-state index in [2.05, 4.69) is 0 Å². The highest BCUT2D eigenvalue weighted by Crippen LogP contribution is 2.27. The van der Waals surface area contributed by atoms with Crippen molar-refractivity contribution in [2.24, 2.45) is 5.41 Å². The lowest BCUT2D eigenvalue weighted by molar-refractivity contribution is -0.0947. The molecule has 3 N–H and O–H groups in total. The maximum absolute atomic E-state index is 12.5. The molecule has 230 valence electrons. The van der Waals surface area contributed by atoms with Crippen molar-refractivity contribution in [3.8, 4) is 5.75 Å². The van der Waals surface area contributed by atoms with E-state index in [1.165, 1.54) is 24.3 Å². The van der Waals surface area contributed by atoms with E-state index in [1.807, 2.05) is 27.7 Å². The van der Waals surface area contributed by atoms with Crippen LogP contribution in [0, 0.1) is 5.41 Å². The summed E-state index contributed by atoms with van der Waals surface area (Å²) >= 11 is 0. The van der Waals surface area contributed by atoms with E-state index in [9.17, 15) is 34.5 Å². The summed E-state index contributed by atoms with van der Waals surface area (Å²) in [6, 6.07) is 8.67. The molecule has 2 aromatic rings. The number of hydrogen-bond acceptors (Lipinski definition) is 11. The Morgan fingerprint density at radius 2 is 1.24 bits per heavy atom. The summed E-state index contributed by atoms with van der Waals surface area (Å²) in [6.45, 7) is 10.2. The third kappa shape index (κ3) is 10.1. The molecule has 0 radical (unpaired) electrons. The SMILES string of the molecule is CCCC(C)(C)C(O)COC(=O)c1ccc(C(=O)OCC(O)OC(=O)c2cc(O)cc(C(=O)OC(C)(C)CC)c2)cc1. The van der Waals surface area contributed by atoms with Crippen LogP contribution in [0.4, 0.5) is 0 Å². The van der Waals surface area contributed by atoms with Crippen molar-refractivity contribution in [2.45, 2.75) is 78.8 Å². The molecule has 0 bridgehead atoms. The Labute approximate surface area is 245 Å². The van der Waals surface area contributed by atoms with E-state index >= 15 is 0 Å². The van der Waals surface area contributed by atoms with Gasteiger partial charge in [0, 0.05) is 0 Å². The zero-order chi connectivity index (χ0) is 31.7. The van der Waals surface area contributed by atoms with Crippen LogP contribution >= 0.6 is 0 Å². The molecule has 0 fully saturated rings. The molecule has 0 heterocycles. The first kappa shape index (κ1) is 34.2. The number of phenols is 1. The fourth-order valence-corrected chi connectivity index (χ4v) is 3.70.